The average molecular weight is 409 g/mol. The van der Waals surface area contributed by atoms with Crippen molar-refractivity contribution in [2.24, 2.45) is 0 Å². The van der Waals surface area contributed by atoms with Crippen LogP contribution in [0.15, 0.2) is 36.7 Å². The number of phenolic OH excluding ortho intramolecular Hbond substituents is 1. The first kappa shape index (κ1) is 20.2. The lowest BCUT2D eigenvalue weighted by atomic mass is 10.1. The van der Waals surface area contributed by atoms with Crippen LogP contribution in [-0.2, 0) is 11.3 Å². The highest BCUT2D eigenvalue weighted by molar-refractivity contribution is 6.06. The number of nitrogens with zero attached hydrogens (tertiary/aromatic N) is 3. The molecule has 0 radical (unpaired) electrons. The summed E-state index contributed by atoms with van der Waals surface area (Å²) in [5.41, 5.74) is 2.82. The largest absolute Gasteiger partial charge is 0.508 e. The number of ether oxygens (including phenoxy) is 1. The van der Waals surface area contributed by atoms with Crippen LogP contribution in [0.4, 0.5) is 5.69 Å². The predicted molar refractivity (Wildman–Crippen MR) is 115 cm³/mol. The second kappa shape index (κ2) is 8.71. The standard InChI is InChI=1S/C22H27N5O3/c1-3-27-21-18(13-24-27)20(26-16-7-9-30-10-8-16)19(12-23-21)22(29)25-14(2)15-5-4-6-17(28)11-15/h4-6,11-14,16,28H,3,7-10H2,1-2H3,(H,23,26)(H,25,29). The van der Waals surface area contributed by atoms with Crippen LogP contribution >= 0.6 is 0 Å². The first-order valence-electron chi connectivity index (χ1n) is 10.4. The van der Waals surface area contributed by atoms with Crippen molar-refractivity contribution in [3.05, 3.63) is 47.8 Å². The predicted octanol–water partition coefficient (Wildman–Crippen LogP) is 3.24. The number of rotatable bonds is 6. The minimum Gasteiger partial charge on any atom is -0.508 e. The average Bonchev–Trinajstić information content (AvgIpc) is 3.18. The number of hydrogen-bond acceptors (Lipinski definition) is 6. The second-order valence-corrected chi connectivity index (χ2v) is 7.57. The number of aromatic hydroxyl groups is 1. The van der Waals surface area contributed by atoms with Crippen molar-refractivity contribution in [3.8, 4) is 5.75 Å². The minimum absolute atomic E-state index is 0.172. The normalized spacial score (nSPS) is 15.8. The number of benzene rings is 1. The first-order valence-corrected chi connectivity index (χ1v) is 10.4. The van der Waals surface area contributed by atoms with Gasteiger partial charge in [0.15, 0.2) is 5.65 Å². The van der Waals surface area contributed by atoms with Gasteiger partial charge in [-0.05, 0) is 44.4 Å². The number of aromatic nitrogens is 3. The van der Waals surface area contributed by atoms with Crippen molar-refractivity contribution in [1.82, 2.24) is 20.1 Å². The molecule has 3 N–H and O–H groups in total. The van der Waals surface area contributed by atoms with Gasteiger partial charge >= 0.3 is 0 Å². The molecule has 8 heteroatoms. The highest BCUT2D eigenvalue weighted by Gasteiger charge is 2.23. The Morgan fingerprint density at radius 3 is 2.87 bits per heavy atom. The molecule has 1 aromatic carbocycles. The topological polar surface area (TPSA) is 101 Å². The van der Waals surface area contributed by atoms with Crippen LogP contribution < -0.4 is 10.6 Å². The summed E-state index contributed by atoms with van der Waals surface area (Å²) in [5.74, 6) is -0.0513. The number of pyridine rings is 1. The molecule has 3 heterocycles. The number of anilines is 1. The molecule has 1 atom stereocenters. The number of phenols is 1. The van der Waals surface area contributed by atoms with E-state index in [1.54, 1.807) is 30.6 Å². The maximum absolute atomic E-state index is 13.2. The van der Waals surface area contributed by atoms with Crippen molar-refractivity contribution in [2.75, 3.05) is 18.5 Å². The van der Waals surface area contributed by atoms with E-state index in [0.717, 1.165) is 35.1 Å². The van der Waals surface area contributed by atoms with Gasteiger partial charge in [0.2, 0.25) is 0 Å². The van der Waals surface area contributed by atoms with E-state index in [-0.39, 0.29) is 23.7 Å². The van der Waals surface area contributed by atoms with Crippen molar-refractivity contribution >= 4 is 22.6 Å². The zero-order valence-electron chi connectivity index (χ0n) is 17.3. The van der Waals surface area contributed by atoms with Gasteiger partial charge in [0.05, 0.1) is 28.9 Å². The van der Waals surface area contributed by atoms with Crippen LogP contribution in [0.5, 0.6) is 5.75 Å². The number of carbonyl (C=O) groups excluding carboxylic acids is 1. The minimum atomic E-state index is -0.269. The monoisotopic (exact) mass is 409 g/mol. The number of fused-ring (bicyclic) bond motifs is 1. The molecular formula is C22H27N5O3. The third-order valence-corrected chi connectivity index (χ3v) is 5.50. The maximum atomic E-state index is 13.2. The Hall–Kier alpha value is -3.13. The third-order valence-electron chi connectivity index (χ3n) is 5.50. The lowest BCUT2D eigenvalue weighted by Crippen LogP contribution is -2.31. The molecule has 158 valence electrons. The molecule has 1 fully saturated rings. The molecule has 3 aromatic rings. The van der Waals surface area contributed by atoms with Crippen molar-refractivity contribution < 1.29 is 14.6 Å². The summed E-state index contributed by atoms with van der Waals surface area (Å²) in [6.07, 6.45) is 5.14. The zero-order chi connectivity index (χ0) is 21.1. The lowest BCUT2D eigenvalue weighted by molar-refractivity contribution is 0.0903. The Balaban J connectivity index is 1.66. The zero-order valence-corrected chi connectivity index (χ0v) is 17.3. The molecule has 1 unspecified atom stereocenters. The van der Waals surface area contributed by atoms with Gasteiger partial charge in [-0.3, -0.25) is 4.79 Å². The van der Waals surface area contributed by atoms with Gasteiger partial charge in [0.25, 0.3) is 5.91 Å². The fourth-order valence-corrected chi connectivity index (χ4v) is 3.78. The van der Waals surface area contributed by atoms with Gasteiger partial charge in [-0.25, -0.2) is 9.67 Å². The highest BCUT2D eigenvalue weighted by Crippen LogP contribution is 2.29. The molecule has 30 heavy (non-hydrogen) atoms. The van der Waals surface area contributed by atoms with E-state index < -0.39 is 0 Å². The SMILES string of the molecule is CCn1ncc2c(NC3CCOCC3)c(C(=O)NC(C)c3cccc(O)c3)cnc21. The molecule has 0 saturated carbocycles. The third kappa shape index (κ3) is 4.09. The van der Waals surface area contributed by atoms with E-state index in [1.165, 1.54) is 0 Å². The number of aryl methyl sites for hydroxylation is 1. The first-order chi connectivity index (χ1) is 14.6. The van der Waals surface area contributed by atoms with Crippen molar-refractivity contribution in [1.29, 1.82) is 0 Å². The summed E-state index contributed by atoms with van der Waals surface area (Å²) < 4.78 is 7.29. The summed E-state index contributed by atoms with van der Waals surface area (Å²) >= 11 is 0. The number of amides is 1. The molecule has 1 saturated heterocycles. The Kier molecular flexibility index (Phi) is 5.85. The molecule has 8 nitrogen and oxygen atoms in total. The Morgan fingerprint density at radius 2 is 2.13 bits per heavy atom. The quantitative estimate of drug-likeness (QED) is 0.578. The summed E-state index contributed by atoms with van der Waals surface area (Å²) in [6, 6.07) is 6.85. The highest BCUT2D eigenvalue weighted by atomic mass is 16.5. The van der Waals surface area contributed by atoms with Crippen LogP contribution in [0.1, 0.15) is 48.7 Å². The van der Waals surface area contributed by atoms with Crippen LogP contribution in [-0.4, -0.2) is 45.0 Å². The molecule has 0 bridgehead atoms. The van der Waals surface area contributed by atoms with E-state index in [4.69, 9.17) is 4.74 Å². The lowest BCUT2D eigenvalue weighted by Gasteiger charge is -2.26. The van der Waals surface area contributed by atoms with Crippen LogP contribution in [0, 0.1) is 0 Å². The summed E-state index contributed by atoms with van der Waals surface area (Å²) in [6.45, 7) is 6.01. The second-order valence-electron chi connectivity index (χ2n) is 7.57. The van der Waals surface area contributed by atoms with E-state index in [1.807, 2.05) is 24.6 Å². The molecule has 0 spiro atoms. The van der Waals surface area contributed by atoms with Crippen LogP contribution in [0.2, 0.25) is 0 Å². The molecule has 2 aromatic heterocycles. The smallest absolute Gasteiger partial charge is 0.255 e. The fourth-order valence-electron chi connectivity index (χ4n) is 3.78. The van der Waals surface area contributed by atoms with Gasteiger partial charge < -0.3 is 20.5 Å². The van der Waals surface area contributed by atoms with E-state index in [0.29, 0.717) is 25.3 Å². The summed E-state index contributed by atoms with van der Waals surface area (Å²) in [7, 11) is 0. The molecule has 4 rings (SSSR count). The Labute approximate surface area is 175 Å². The summed E-state index contributed by atoms with van der Waals surface area (Å²) in [5, 5.41) is 21.6. The fraction of sp³-hybridized carbons (Fsp3) is 0.409. The number of nitrogens with one attached hydrogen (secondary N) is 2. The van der Waals surface area contributed by atoms with Crippen molar-refractivity contribution in [2.45, 2.75) is 45.3 Å². The molecule has 1 amide bonds. The van der Waals surface area contributed by atoms with E-state index in [2.05, 4.69) is 20.7 Å². The van der Waals surface area contributed by atoms with Crippen LogP contribution in [0.25, 0.3) is 11.0 Å². The van der Waals surface area contributed by atoms with Gasteiger partial charge in [0.1, 0.15) is 5.75 Å². The van der Waals surface area contributed by atoms with Crippen molar-refractivity contribution in [3.63, 3.8) is 0 Å². The molecular weight excluding hydrogens is 382 g/mol. The molecule has 1 aliphatic rings. The van der Waals surface area contributed by atoms with Gasteiger partial charge in [-0.1, -0.05) is 12.1 Å². The van der Waals surface area contributed by atoms with Gasteiger partial charge in [-0.2, -0.15) is 5.10 Å². The van der Waals surface area contributed by atoms with Gasteiger partial charge in [0, 0.05) is 32.0 Å². The molecule has 0 aliphatic carbocycles. The molecule has 1 aliphatic heterocycles. The van der Waals surface area contributed by atoms with Gasteiger partial charge in [-0.15, -0.1) is 0 Å². The van der Waals surface area contributed by atoms with Crippen LogP contribution in [0.3, 0.4) is 0 Å². The number of hydrogen-bond donors (Lipinski definition) is 3. The van der Waals surface area contributed by atoms with E-state index in [9.17, 15) is 9.90 Å². The Morgan fingerprint density at radius 1 is 1.33 bits per heavy atom. The maximum Gasteiger partial charge on any atom is 0.255 e. The summed E-state index contributed by atoms with van der Waals surface area (Å²) in [4.78, 5) is 17.7. The van der Waals surface area contributed by atoms with E-state index >= 15 is 0 Å². The number of carbonyl (C=O) groups is 1. The Bertz CT molecular complexity index is 1040.